The minimum Gasteiger partial charge on any atom is -0.472 e. The van der Waals surface area contributed by atoms with Crippen molar-refractivity contribution in [2.75, 3.05) is 32.1 Å². The fourth-order valence-electron chi connectivity index (χ4n) is 3.89. The summed E-state index contributed by atoms with van der Waals surface area (Å²) in [7, 11) is 1.71. The number of urea groups is 1. The molecule has 1 aromatic heterocycles. The Balaban J connectivity index is 1.58. The number of hydrogen-bond donors (Lipinski definition) is 2. The lowest BCUT2D eigenvalue weighted by Crippen LogP contribution is -2.50. The molecule has 1 saturated carbocycles. The highest BCUT2D eigenvalue weighted by Gasteiger charge is 2.34. The largest absolute Gasteiger partial charge is 0.472 e. The van der Waals surface area contributed by atoms with Crippen LogP contribution in [-0.4, -0.2) is 70.7 Å². The Kier molecular flexibility index (Phi) is 7.57. The number of aliphatic hydroxyl groups excluding tert-OH is 1. The van der Waals surface area contributed by atoms with Crippen LogP contribution in [0.5, 0.6) is 5.88 Å². The minimum absolute atomic E-state index is 0.121. The number of pyridine rings is 1. The van der Waals surface area contributed by atoms with Crippen LogP contribution < -0.4 is 10.1 Å². The third-order valence-electron chi connectivity index (χ3n) is 6.34. The number of carbonyl (C=O) groups excluding carboxylic acids is 2. The van der Waals surface area contributed by atoms with Gasteiger partial charge in [-0.3, -0.25) is 4.79 Å². The molecule has 1 aromatic carbocycles. The van der Waals surface area contributed by atoms with Gasteiger partial charge >= 0.3 is 6.03 Å². The number of likely N-dealkylation sites (N-methyl/N-ethyl adjacent to an activating group) is 1. The molecule has 0 unspecified atom stereocenters. The van der Waals surface area contributed by atoms with E-state index in [1.54, 1.807) is 29.1 Å². The smallest absolute Gasteiger partial charge is 0.321 e. The highest BCUT2D eigenvalue weighted by Crippen LogP contribution is 2.29. The first-order valence-electron chi connectivity index (χ1n) is 12.0. The molecule has 2 aromatic rings. The van der Waals surface area contributed by atoms with Gasteiger partial charge in [-0.2, -0.15) is 0 Å². The van der Waals surface area contributed by atoms with Crippen LogP contribution in [0, 0.1) is 23.7 Å². The van der Waals surface area contributed by atoms with E-state index in [4.69, 9.17) is 4.74 Å². The van der Waals surface area contributed by atoms with Gasteiger partial charge in [0.25, 0.3) is 5.91 Å². The van der Waals surface area contributed by atoms with E-state index < -0.39 is 6.10 Å². The number of fused-ring (bicyclic) bond motifs is 1. The van der Waals surface area contributed by atoms with E-state index in [1.165, 1.54) is 0 Å². The van der Waals surface area contributed by atoms with Crippen LogP contribution in [0.1, 0.15) is 42.6 Å². The summed E-state index contributed by atoms with van der Waals surface area (Å²) in [6.07, 6.45) is 3.43. The number of anilines is 1. The Labute approximate surface area is 206 Å². The molecular weight excluding hydrogens is 444 g/mol. The summed E-state index contributed by atoms with van der Waals surface area (Å²) in [5.41, 5.74) is 1.69. The van der Waals surface area contributed by atoms with Gasteiger partial charge in [-0.05, 0) is 38.0 Å². The number of aromatic nitrogens is 1. The molecular formula is C27H32N4O4. The van der Waals surface area contributed by atoms with Crippen molar-refractivity contribution in [2.45, 2.75) is 38.8 Å². The third kappa shape index (κ3) is 6.11. The number of carbonyl (C=O) groups is 2. The van der Waals surface area contributed by atoms with Gasteiger partial charge in [0, 0.05) is 42.9 Å². The van der Waals surface area contributed by atoms with Crippen molar-refractivity contribution in [1.29, 1.82) is 0 Å². The number of nitrogens with one attached hydrogen (secondary N) is 1. The minimum atomic E-state index is -0.419. The topological polar surface area (TPSA) is 95.0 Å². The van der Waals surface area contributed by atoms with Crippen LogP contribution >= 0.6 is 0 Å². The van der Waals surface area contributed by atoms with E-state index in [0.717, 1.165) is 12.8 Å². The molecule has 184 valence electrons. The Bertz CT molecular complexity index is 1120. The van der Waals surface area contributed by atoms with Gasteiger partial charge in [-0.25, -0.2) is 9.78 Å². The summed E-state index contributed by atoms with van der Waals surface area (Å²) < 4.78 is 6.25. The van der Waals surface area contributed by atoms with Crippen molar-refractivity contribution in [2.24, 2.45) is 11.8 Å². The van der Waals surface area contributed by atoms with Gasteiger partial charge in [-0.15, -0.1) is 0 Å². The van der Waals surface area contributed by atoms with Gasteiger partial charge < -0.3 is 25.0 Å². The molecule has 3 atom stereocenters. The molecule has 2 aliphatic rings. The monoisotopic (exact) mass is 476 g/mol. The number of nitrogens with zero attached hydrogens (tertiary/aromatic N) is 3. The maximum Gasteiger partial charge on any atom is 0.321 e. The molecule has 8 heteroatoms. The zero-order valence-electron chi connectivity index (χ0n) is 20.4. The summed E-state index contributed by atoms with van der Waals surface area (Å²) in [5, 5.41) is 12.7. The predicted octanol–water partition coefficient (Wildman–Crippen LogP) is 3.23. The van der Waals surface area contributed by atoms with Crippen molar-refractivity contribution in [3.63, 3.8) is 0 Å². The summed E-state index contributed by atoms with van der Waals surface area (Å²) in [6, 6.07) is 10.3. The summed E-state index contributed by atoms with van der Waals surface area (Å²) >= 11 is 0. The van der Waals surface area contributed by atoms with E-state index in [9.17, 15) is 14.7 Å². The normalized spacial score (nSPS) is 20.3. The number of aliphatic hydroxyl groups is 1. The number of benzene rings is 1. The zero-order chi connectivity index (χ0) is 24.9. The van der Waals surface area contributed by atoms with Crippen LogP contribution in [0.15, 0.2) is 42.6 Å². The first-order chi connectivity index (χ1) is 16.9. The van der Waals surface area contributed by atoms with Crippen LogP contribution in [0.25, 0.3) is 0 Å². The van der Waals surface area contributed by atoms with Crippen molar-refractivity contribution in [3.8, 4) is 17.7 Å². The van der Waals surface area contributed by atoms with Crippen molar-refractivity contribution < 1.29 is 19.4 Å². The molecule has 0 bridgehead atoms. The summed E-state index contributed by atoms with van der Waals surface area (Å²) in [6.45, 7) is 4.29. The fourth-order valence-corrected chi connectivity index (χ4v) is 3.89. The van der Waals surface area contributed by atoms with E-state index >= 15 is 0 Å². The molecule has 2 heterocycles. The lowest BCUT2D eigenvalue weighted by molar-refractivity contribution is 0.0356. The fraction of sp³-hybridized carbons (Fsp3) is 0.444. The van der Waals surface area contributed by atoms with E-state index in [2.05, 4.69) is 22.1 Å². The Morgan fingerprint density at radius 2 is 2.09 bits per heavy atom. The Morgan fingerprint density at radius 3 is 2.77 bits per heavy atom. The van der Waals surface area contributed by atoms with Gasteiger partial charge in [-0.1, -0.05) is 37.0 Å². The second-order valence-electron chi connectivity index (χ2n) is 9.42. The maximum atomic E-state index is 13.5. The maximum absolute atomic E-state index is 13.5. The second-order valence-corrected chi connectivity index (χ2v) is 9.42. The van der Waals surface area contributed by atoms with Gasteiger partial charge in [0.05, 0.1) is 19.2 Å². The second kappa shape index (κ2) is 10.8. The van der Waals surface area contributed by atoms with E-state index in [1.807, 2.05) is 44.2 Å². The molecule has 8 nitrogen and oxygen atoms in total. The predicted molar refractivity (Wildman–Crippen MR) is 133 cm³/mol. The van der Waals surface area contributed by atoms with Crippen LogP contribution in [0.3, 0.4) is 0 Å². The highest BCUT2D eigenvalue weighted by molar-refractivity contribution is 5.97. The molecule has 0 saturated heterocycles. The lowest BCUT2D eigenvalue weighted by Gasteiger charge is -2.37. The van der Waals surface area contributed by atoms with Crippen LogP contribution in [0.4, 0.5) is 10.5 Å². The van der Waals surface area contributed by atoms with E-state index in [0.29, 0.717) is 35.8 Å². The number of amides is 3. The Hall–Kier alpha value is -3.57. The zero-order valence-corrected chi connectivity index (χ0v) is 20.4. The number of rotatable bonds is 5. The quantitative estimate of drug-likeness (QED) is 0.646. The number of para-hydroxylation sites is 1. The number of ether oxygens (including phenoxy) is 1. The molecule has 0 spiro atoms. The van der Waals surface area contributed by atoms with Gasteiger partial charge in [0.15, 0.2) is 0 Å². The third-order valence-corrected chi connectivity index (χ3v) is 6.34. The molecule has 3 amide bonds. The average Bonchev–Trinajstić information content (AvgIpc) is 3.69. The molecule has 2 N–H and O–H groups in total. The molecule has 1 fully saturated rings. The molecule has 1 aliphatic heterocycles. The van der Waals surface area contributed by atoms with Crippen molar-refractivity contribution in [1.82, 2.24) is 14.8 Å². The van der Waals surface area contributed by atoms with Crippen LogP contribution in [-0.2, 0) is 0 Å². The molecule has 4 rings (SSSR count). The average molecular weight is 477 g/mol. The van der Waals surface area contributed by atoms with Crippen molar-refractivity contribution >= 4 is 17.6 Å². The molecule has 1 aliphatic carbocycles. The Morgan fingerprint density at radius 1 is 1.34 bits per heavy atom. The standard InChI is InChI=1S/C27H32N4O4/c1-18-15-31(19(2)17-32)26(33)23-13-21(12-11-20-9-10-20)14-28-25(23)35-24(18)16-30(3)27(34)29-22-7-5-4-6-8-22/h4-8,13-14,18-20,24,32H,9-10,15-17H2,1-3H3,(H,29,34)/t18-,19+,24+/m0/s1. The summed E-state index contributed by atoms with van der Waals surface area (Å²) in [4.78, 5) is 33.9. The molecule has 0 radical (unpaired) electrons. The number of hydrogen-bond acceptors (Lipinski definition) is 5. The first-order valence-corrected chi connectivity index (χ1v) is 12.0. The van der Waals surface area contributed by atoms with Crippen molar-refractivity contribution in [3.05, 3.63) is 53.7 Å². The first kappa shape index (κ1) is 24.6. The van der Waals surface area contributed by atoms with Crippen LogP contribution in [0.2, 0.25) is 0 Å². The van der Waals surface area contributed by atoms with E-state index in [-0.39, 0.29) is 36.4 Å². The van der Waals surface area contributed by atoms with Gasteiger partial charge in [0.1, 0.15) is 11.7 Å². The SMILES string of the molecule is C[C@H](CO)N1C[C@H](C)[C@@H](CN(C)C(=O)Nc2ccccc2)Oc2ncc(C#CC3CC3)cc2C1=O. The van der Waals surface area contributed by atoms with Gasteiger partial charge in [0.2, 0.25) is 5.88 Å². The summed E-state index contributed by atoms with van der Waals surface area (Å²) in [5.74, 6) is 6.59. The molecule has 35 heavy (non-hydrogen) atoms. The lowest BCUT2D eigenvalue weighted by atomic mass is 10.00. The highest BCUT2D eigenvalue weighted by atomic mass is 16.5.